The molecule has 2 saturated carbocycles. The highest BCUT2D eigenvalue weighted by Gasteiger charge is 2.47. The maximum Gasteiger partial charge on any atom is 0.318 e. The number of thioether (sulfide) groups is 1. The van der Waals surface area contributed by atoms with Crippen LogP contribution in [0.25, 0.3) is 0 Å². The Bertz CT molecular complexity index is 670. The third kappa shape index (κ3) is 4.34. The summed E-state index contributed by atoms with van der Waals surface area (Å²) in [6.45, 7) is 0.715. The highest BCUT2D eigenvalue weighted by molar-refractivity contribution is 8.13. The van der Waals surface area contributed by atoms with Gasteiger partial charge in [0.2, 0.25) is 5.12 Å². The van der Waals surface area contributed by atoms with Crippen molar-refractivity contribution in [3.05, 3.63) is 35.9 Å². The first-order chi connectivity index (χ1) is 13.2. The molecule has 0 radical (unpaired) electrons. The molecule has 3 aliphatic rings. The molecule has 2 aliphatic carbocycles. The molecular weight excluding hydrogens is 356 g/mol. The Balaban J connectivity index is 1.24. The number of hydrogen-bond donors (Lipinski definition) is 1. The molecule has 0 unspecified atom stereocenters. The zero-order chi connectivity index (χ0) is 18.7. The minimum Gasteiger partial charge on any atom is -0.333 e. The van der Waals surface area contributed by atoms with Crippen LogP contribution in [-0.4, -0.2) is 39.9 Å². The van der Waals surface area contributed by atoms with Gasteiger partial charge in [-0.15, -0.1) is 0 Å². The Labute approximate surface area is 166 Å². The topological polar surface area (TPSA) is 49.4 Å². The molecule has 2 amide bonds. The number of fused-ring (bicyclic) bond motifs is 2. The number of nitrogens with zero attached hydrogens (tertiary/aromatic N) is 1. The van der Waals surface area contributed by atoms with Crippen molar-refractivity contribution in [2.45, 2.75) is 69.4 Å². The molecule has 146 valence electrons. The van der Waals surface area contributed by atoms with Gasteiger partial charge in [-0.1, -0.05) is 42.1 Å². The van der Waals surface area contributed by atoms with E-state index < -0.39 is 0 Å². The number of carbonyl (C=O) groups excluding carboxylic acids is 2. The first-order valence-electron chi connectivity index (χ1n) is 10.4. The van der Waals surface area contributed by atoms with Crippen LogP contribution in [0.2, 0.25) is 0 Å². The molecule has 27 heavy (non-hydrogen) atoms. The van der Waals surface area contributed by atoms with Gasteiger partial charge in [-0.3, -0.25) is 4.79 Å². The van der Waals surface area contributed by atoms with Crippen LogP contribution in [0.15, 0.2) is 30.3 Å². The van der Waals surface area contributed by atoms with E-state index in [1.165, 1.54) is 30.2 Å². The number of benzene rings is 1. The molecule has 4 nitrogen and oxygen atoms in total. The molecule has 2 bridgehead atoms. The van der Waals surface area contributed by atoms with E-state index in [0.717, 1.165) is 56.6 Å². The van der Waals surface area contributed by atoms with Gasteiger partial charge in [-0.2, -0.15) is 0 Å². The Kier molecular flexibility index (Phi) is 5.76. The average Bonchev–Trinajstić information content (AvgIpc) is 3.41. The van der Waals surface area contributed by atoms with Crippen LogP contribution in [0.4, 0.5) is 4.79 Å². The summed E-state index contributed by atoms with van der Waals surface area (Å²) in [5.74, 6) is 1.63. The number of urea groups is 1. The third-order valence-electron chi connectivity index (χ3n) is 6.60. The van der Waals surface area contributed by atoms with Crippen LogP contribution in [-0.2, 0) is 11.2 Å². The minimum absolute atomic E-state index is 0.00159. The predicted octanol–water partition coefficient (Wildman–Crippen LogP) is 4.39. The Morgan fingerprint density at radius 3 is 2.63 bits per heavy atom. The van der Waals surface area contributed by atoms with Gasteiger partial charge in [0.25, 0.3) is 0 Å². The molecular formula is C22H30N2O2S. The van der Waals surface area contributed by atoms with Gasteiger partial charge in [0.1, 0.15) is 6.04 Å². The molecule has 0 aromatic heterocycles. The molecule has 0 spiro atoms. The van der Waals surface area contributed by atoms with Gasteiger partial charge < -0.3 is 10.2 Å². The summed E-state index contributed by atoms with van der Waals surface area (Å²) >= 11 is 1.41. The van der Waals surface area contributed by atoms with Gasteiger partial charge in [0, 0.05) is 17.8 Å². The summed E-state index contributed by atoms with van der Waals surface area (Å²) < 4.78 is 0. The SMILES string of the molecule is O=C(SCCCc1ccccc1)[C@@H]1CCCN1C(=O)NC12CCC(CC1)C2. The molecule has 1 aromatic carbocycles. The smallest absolute Gasteiger partial charge is 0.318 e. The first kappa shape index (κ1) is 18.9. The van der Waals surface area contributed by atoms with E-state index in [-0.39, 0.29) is 22.7 Å². The van der Waals surface area contributed by atoms with Crippen molar-refractivity contribution >= 4 is 22.9 Å². The van der Waals surface area contributed by atoms with Crippen molar-refractivity contribution in [3.63, 3.8) is 0 Å². The molecule has 4 rings (SSSR count). The molecule has 5 heteroatoms. The van der Waals surface area contributed by atoms with Crippen LogP contribution in [0, 0.1) is 5.92 Å². The fourth-order valence-electron chi connectivity index (χ4n) is 5.11. The largest absolute Gasteiger partial charge is 0.333 e. The highest BCUT2D eigenvalue weighted by atomic mass is 32.2. The van der Waals surface area contributed by atoms with Crippen LogP contribution >= 0.6 is 11.8 Å². The van der Waals surface area contributed by atoms with E-state index >= 15 is 0 Å². The van der Waals surface area contributed by atoms with Gasteiger partial charge in [-0.25, -0.2) is 4.79 Å². The van der Waals surface area contributed by atoms with Gasteiger partial charge in [0.15, 0.2) is 0 Å². The van der Waals surface area contributed by atoms with Crippen LogP contribution < -0.4 is 5.32 Å². The van der Waals surface area contributed by atoms with Crippen LogP contribution in [0.5, 0.6) is 0 Å². The van der Waals surface area contributed by atoms with Crippen molar-refractivity contribution in [3.8, 4) is 0 Å². The van der Waals surface area contributed by atoms with Crippen molar-refractivity contribution in [1.82, 2.24) is 10.2 Å². The lowest BCUT2D eigenvalue weighted by atomic mass is 9.94. The lowest BCUT2D eigenvalue weighted by Gasteiger charge is -2.32. The number of amides is 2. The number of rotatable bonds is 6. The fraction of sp³-hybridized carbons (Fsp3) is 0.636. The van der Waals surface area contributed by atoms with Crippen LogP contribution in [0.3, 0.4) is 0 Å². The standard InChI is InChI=1S/C22H30N2O2S/c25-20(27-15-5-8-17-6-2-1-3-7-17)19-9-4-14-24(19)21(26)23-22-12-10-18(16-22)11-13-22/h1-3,6-7,18-19H,4-5,8-16H2,(H,23,26)/t18?,19-,22?/m0/s1. The zero-order valence-corrected chi connectivity index (χ0v) is 16.8. The fourth-order valence-corrected chi connectivity index (χ4v) is 6.04. The van der Waals surface area contributed by atoms with Crippen molar-refractivity contribution in [2.24, 2.45) is 5.92 Å². The van der Waals surface area contributed by atoms with Gasteiger partial charge in [0.05, 0.1) is 0 Å². The van der Waals surface area contributed by atoms with Crippen molar-refractivity contribution in [1.29, 1.82) is 0 Å². The zero-order valence-electron chi connectivity index (χ0n) is 16.0. The second-order valence-corrected chi connectivity index (χ2v) is 9.57. The summed E-state index contributed by atoms with van der Waals surface area (Å²) in [4.78, 5) is 27.4. The number of nitrogens with one attached hydrogen (secondary N) is 1. The first-order valence-corrected chi connectivity index (χ1v) is 11.4. The van der Waals surface area contributed by atoms with E-state index in [2.05, 4.69) is 29.6 Å². The lowest BCUT2D eigenvalue weighted by molar-refractivity contribution is -0.114. The number of likely N-dealkylation sites (tertiary alicyclic amines) is 1. The maximum atomic E-state index is 12.9. The molecule has 1 atom stereocenters. The quantitative estimate of drug-likeness (QED) is 0.738. The van der Waals surface area contributed by atoms with Crippen LogP contribution in [0.1, 0.15) is 56.9 Å². The van der Waals surface area contributed by atoms with Crippen molar-refractivity contribution in [2.75, 3.05) is 12.3 Å². The third-order valence-corrected chi connectivity index (χ3v) is 7.65. The normalized spacial score (nSPS) is 29.3. The molecule has 3 fully saturated rings. The van der Waals surface area contributed by atoms with Gasteiger partial charge in [-0.05, 0) is 69.3 Å². The second kappa shape index (κ2) is 8.26. The lowest BCUT2D eigenvalue weighted by Crippen LogP contribution is -2.53. The number of carbonyl (C=O) groups is 2. The average molecular weight is 387 g/mol. The predicted molar refractivity (Wildman–Crippen MR) is 110 cm³/mol. The summed E-state index contributed by atoms with van der Waals surface area (Å²) in [6, 6.07) is 10.2. The Morgan fingerprint density at radius 2 is 1.93 bits per heavy atom. The maximum absolute atomic E-state index is 12.9. The summed E-state index contributed by atoms with van der Waals surface area (Å²) in [5.41, 5.74) is 1.35. The monoisotopic (exact) mass is 386 g/mol. The summed E-state index contributed by atoms with van der Waals surface area (Å²) in [7, 11) is 0. The minimum atomic E-state index is -0.235. The molecule has 1 aliphatic heterocycles. The van der Waals surface area contributed by atoms with E-state index in [9.17, 15) is 9.59 Å². The summed E-state index contributed by atoms with van der Waals surface area (Å²) in [5, 5.41) is 3.50. The van der Waals surface area contributed by atoms with E-state index in [1.54, 1.807) is 0 Å². The second-order valence-electron chi connectivity index (χ2n) is 8.47. The summed E-state index contributed by atoms with van der Waals surface area (Å²) in [6.07, 6.45) is 9.61. The molecule has 1 N–H and O–H groups in total. The molecule has 1 aromatic rings. The van der Waals surface area contributed by atoms with E-state index in [4.69, 9.17) is 0 Å². The highest BCUT2D eigenvalue weighted by Crippen LogP contribution is 2.47. The van der Waals surface area contributed by atoms with E-state index in [0.29, 0.717) is 6.54 Å². The molecule has 1 heterocycles. The van der Waals surface area contributed by atoms with E-state index in [1.807, 2.05) is 11.0 Å². The number of aryl methyl sites for hydroxylation is 1. The Hall–Kier alpha value is -1.49. The van der Waals surface area contributed by atoms with Gasteiger partial charge >= 0.3 is 6.03 Å². The Morgan fingerprint density at radius 1 is 1.15 bits per heavy atom. The number of hydrogen-bond acceptors (Lipinski definition) is 3. The van der Waals surface area contributed by atoms with Crippen molar-refractivity contribution < 1.29 is 9.59 Å². The molecule has 1 saturated heterocycles.